The molecule has 0 bridgehead atoms. The number of carbonyl (C=O) groups is 2. The lowest BCUT2D eigenvalue weighted by Crippen LogP contribution is -2.26. The van der Waals surface area contributed by atoms with Gasteiger partial charge >= 0.3 is 0 Å². The highest BCUT2D eigenvalue weighted by Crippen LogP contribution is 2.33. The fourth-order valence-electron chi connectivity index (χ4n) is 3.39. The standard InChI is InChI=1S/C18H24N2O2/c1-3-5-9-19-11-13-7-8-14-15(16(13)18(19)22)12-20(17(14)21)10-6-4-2/h7-8H,3-6,9-12H2,1-2H3. The summed E-state index contributed by atoms with van der Waals surface area (Å²) in [5, 5.41) is 0. The topological polar surface area (TPSA) is 40.6 Å². The van der Waals surface area contributed by atoms with E-state index in [1.807, 2.05) is 21.9 Å². The van der Waals surface area contributed by atoms with Gasteiger partial charge in [-0.1, -0.05) is 32.8 Å². The Bertz CT molecular complexity index is 609. The zero-order valence-corrected chi connectivity index (χ0v) is 13.5. The van der Waals surface area contributed by atoms with Crippen molar-refractivity contribution in [3.05, 3.63) is 34.4 Å². The van der Waals surface area contributed by atoms with Gasteiger partial charge < -0.3 is 9.80 Å². The van der Waals surface area contributed by atoms with E-state index in [0.717, 1.165) is 61.0 Å². The van der Waals surface area contributed by atoms with Gasteiger partial charge in [-0.05, 0) is 30.0 Å². The van der Waals surface area contributed by atoms with E-state index in [-0.39, 0.29) is 11.8 Å². The van der Waals surface area contributed by atoms with Crippen molar-refractivity contribution in [2.75, 3.05) is 13.1 Å². The number of nitrogens with zero attached hydrogens (tertiary/aromatic N) is 2. The summed E-state index contributed by atoms with van der Waals surface area (Å²) in [4.78, 5) is 29.0. The predicted molar refractivity (Wildman–Crippen MR) is 85.7 cm³/mol. The molecule has 0 N–H and O–H groups in total. The third-order valence-corrected chi connectivity index (χ3v) is 4.69. The third kappa shape index (κ3) is 2.40. The van der Waals surface area contributed by atoms with Crippen LogP contribution in [0.25, 0.3) is 0 Å². The Morgan fingerprint density at radius 2 is 1.55 bits per heavy atom. The van der Waals surface area contributed by atoms with Crippen LogP contribution in [-0.4, -0.2) is 34.7 Å². The lowest BCUT2D eigenvalue weighted by atomic mass is 9.99. The average Bonchev–Trinajstić information content (AvgIpc) is 3.01. The molecule has 3 rings (SSSR count). The van der Waals surface area contributed by atoms with Crippen molar-refractivity contribution >= 4 is 11.8 Å². The van der Waals surface area contributed by atoms with E-state index in [2.05, 4.69) is 13.8 Å². The molecule has 0 aliphatic carbocycles. The fourth-order valence-corrected chi connectivity index (χ4v) is 3.39. The normalized spacial score (nSPS) is 16.5. The molecular formula is C18H24N2O2. The second kappa shape index (κ2) is 6.11. The highest BCUT2D eigenvalue weighted by atomic mass is 16.2. The lowest BCUT2D eigenvalue weighted by molar-refractivity contribution is 0.0761. The van der Waals surface area contributed by atoms with Crippen LogP contribution in [0.15, 0.2) is 12.1 Å². The maximum Gasteiger partial charge on any atom is 0.254 e. The Hall–Kier alpha value is -1.84. The van der Waals surface area contributed by atoms with Gasteiger partial charge in [0.1, 0.15) is 0 Å². The molecule has 0 aromatic heterocycles. The van der Waals surface area contributed by atoms with Crippen molar-refractivity contribution < 1.29 is 9.59 Å². The summed E-state index contributed by atoms with van der Waals surface area (Å²) in [5.74, 6) is 0.205. The van der Waals surface area contributed by atoms with Crippen LogP contribution < -0.4 is 0 Å². The molecular weight excluding hydrogens is 276 g/mol. The minimum atomic E-state index is 0.0889. The number of hydrogen-bond donors (Lipinski definition) is 0. The monoisotopic (exact) mass is 300 g/mol. The first-order valence-electron chi connectivity index (χ1n) is 8.40. The van der Waals surface area contributed by atoms with E-state index >= 15 is 0 Å². The summed E-state index contributed by atoms with van der Waals surface area (Å²) < 4.78 is 0. The van der Waals surface area contributed by atoms with Gasteiger partial charge in [-0.2, -0.15) is 0 Å². The first-order valence-corrected chi connectivity index (χ1v) is 8.40. The van der Waals surface area contributed by atoms with E-state index in [4.69, 9.17) is 0 Å². The molecule has 2 aliphatic rings. The summed E-state index contributed by atoms with van der Waals surface area (Å²) >= 11 is 0. The number of hydrogen-bond acceptors (Lipinski definition) is 2. The molecule has 2 amide bonds. The molecule has 4 nitrogen and oxygen atoms in total. The Morgan fingerprint density at radius 1 is 0.909 bits per heavy atom. The highest BCUT2D eigenvalue weighted by molar-refractivity contribution is 6.06. The second-order valence-electron chi connectivity index (χ2n) is 6.29. The van der Waals surface area contributed by atoms with Crippen LogP contribution in [0.1, 0.15) is 71.4 Å². The molecule has 2 heterocycles. The van der Waals surface area contributed by atoms with Crippen molar-refractivity contribution in [3.8, 4) is 0 Å². The maximum atomic E-state index is 12.7. The third-order valence-electron chi connectivity index (χ3n) is 4.69. The van der Waals surface area contributed by atoms with Crippen LogP contribution in [0.5, 0.6) is 0 Å². The van der Waals surface area contributed by atoms with Gasteiger partial charge in [-0.3, -0.25) is 9.59 Å². The van der Waals surface area contributed by atoms with Crippen molar-refractivity contribution in [3.63, 3.8) is 0 Å². The van der Waals surface area contributed by atoms with Gasteiger partial charge in [0, 0.05) is 31.7 Å². The van der Waals surface area contributed by atoms with Crippen LogP contribution in [0.3, 0.4) is 0 Å². The van der Waals surface area contributed by atoms with Crippen molar-refractivity contribution in [2.45, 2.75) is 52.6 Å². The Morgan fingerprint density at radius 3 is 2.18 bits per heavy atom. The zero-order valence-electron chi connectivity index (χ0n) is 13.5. The van der Waals surface area contributed by atoms with Crippen LogP contribution in [-0.2, 0) is 13.1 Å². The van der Waals surface area contributed by atoms with Crippen molar-refractivity contribution in [2.24, 2.45) is 0 Å². The number of unbranched alkanes of at least 4 members (excludes halogenated alkanes) is 2. The molecule has 0 atom stereocenters. The summed E-state index contributed by atoms with van der Waals surface area (Å²) in [6.45, 7) is 7.16. The van der Waals surface area contributed by atoms with Gasteiger partial charge in [-0.25, -0.2) is 0 Å². The molecule has 22 heavy (non-hydrogen) atoms. The van der Waals surface area contributed by atoms with Gasteiger partial charge in [0.05, 0.1) is 5.56 Å². The van der Waals surface area contributed by atoms with Crippen molar-refractivity contribution in [1.82, 2.24) is 9.80 Å². The SMILES string of the molecule is CCCCN1Cc2c(ccc3c2C(=O)N(CCCC)C3)C1=O. The summed E-state index contributed by atoms with van der Waals surface area (Å²) in [7, 11) is 0. The van der Waals surface area contributed by atoms with E-state index < -0.39 is 0 Å². The molecule has 0 spiro atoms. The molecule has 0 radical (unpaired) electrons. The van der Waals surface area contributed by atoms with Gasteiger partial charge in [0.2, 0.25) is 0 Å². The molecule has 1 aromatic rings. The minimum absolute atomic E-state index is 0.0889. The Kier molecular flexibility index (Phi) is 4.19. The number of rotatable bonds is 6. The predicted octanol–water partition coefficient (Wildman–Crippen LogP) is 3.20. The van der Waals surface area contributed by atoms with Crippen LogP contribution in [0.2, 0.25) is 0 Å². The van der Waals surface area contributed by atoms with Crippen LogP contribution in [0, 0.1) is 0 Å². The Balaban J connectivity index is 1.86. The molecule has 118 valence electrons. The number of fused-ring (bicyclic) bond motifs is 3. The summed E-state index contributed by atoms with van der Waals surface area (Å²) in [6.07, 6.45) is 4.20. The van der Waals surface area contributed by atoms with E-state index in [9.17, 15) is 9.59 Å². The van der Waals surface area contributed by atoms with E-state index in [1.165, 1.54) is 0 Å². The van der Waals surface area contributed by atoms with E-state index in [1.54, 1.807) is 0 Å². The Labute approximate surface area is 132 Å². The van der Waals surface area contributed by atoms with Crippen molar-refractivity contribution in [1.29, 1.82) is 0 Å². The van der Waals surface area contributed by atoms with Crippen LogP contribution in [0.4, 0.5) is 0 Å². The largest absolute Gasteiger partial charge is 0.334 e. The zero-order chi connectivity index (χ0) is 15.7. The van der Waals surface area contributed by atoms with E-state index in [0.29, 0.717) is 13.1 Å². The number of benzene rings is 1. The first kappa shape index (κ1) is 15.1. The molecule has 2 aliphatic heterocycles. The molecule has 1 aromatic carbocycles. The van der Waals surface area contributed by atoms with Gasteiger partial charge in [0.25, 0.3) is 11.8 Å². The summed E-state index contributed by atoms with van der Waals surface area (Å²) in [6, 6.07) is 3.89. The second-order valence-corrected chi connectivity index (χ2v) is 6.29. The molecule has 4 heteroatoms. The van der Waals surface area contributed by atoms with Gasteiger partial charge in [0.15, 0.2) is 0 Å². The average molecular weight is 300 g/mol. The molecule has 0 unspecified atom stereocenters. The fraction of sp³-hybridized carbons (Fsp3) is 0.556. The van der Waals surface area contributed by atoms with Crippen LogP contribution >= 0.6 is 0 Å². The molecule has 0 saturated carbocycles. The smallest absolute Gasteiger partial charge is 0.254 e. The minimum Gasteiger partial charge on any atom is -0.334 e. The summed E-state index contributed by atoms with van der Waals surface area (Å²) in [5.41, 5.74) is 3.59. The molecule has 0 fully saturated rings. The first-order chi connectivity index (χ1) is 10.7. The number of carbonyl (C=O) groups excluding carboxylic acids is 2. The highest BCUT2D eigenvalue weighted by Gasteiger charge is 2.36. The van der Waals surface area contributed by atoms with Gasteiger partial charge in [-0.15, -0.1) is 0 Å². The maximum absolute atomic E-state index is 12.7. The molecule has 0 saturated heterocycles. The number of amides is 2. The quantitative estimate of drug-likeness (QED) is 0.809. The lowest BCUT2D eigenvalue weighted by Gasteiger charge is -2.15.